The van der Waals surface area contributed by atoms with Gasteiger partial charge in [0.15, 0.2) is 0 Å². The third-order valence-electron chi connectivity index (χ3n) is 3.41. The second-order valence-electron chi connectivity index (χ2n) is 4.57. The predicted octanol–water partition coefficient (Wildman–Crippen LogP) is 2.42. The number of benzene rings is 1. The van der Waals surface area contributed by atoms with Crippen LogP contribution >= 0.6 is 0 Å². The molecular weight excluding hydrogens is 212 g/mol. The first-order valence-corrected chi connectivity index (χ1v) is 6.12. The number of fused-ring (bicyclic) bond motifs is 1. The highest BCUT2D eigenvalue weighted by molar-refractivity contribution is 5.58. The first-order valence-electron chi connectivity index (χ1n) is 6.12. The Bertz CT molecular complexity index is 504. The molecule has 1 N–H and O–H groups in total. The molecular formula is C14H16N2O. The molecule has 1 unspecified atom stereocenters. The van der Waals surface area contributed by atoms with Crippen molar-refractivity contribution in [2.45, 2.75) is 25.3 Å². The second-order valence-corrected chi connectivity index (χ2v) is 4.57. The summed E-state index contributed by atoms with van der Waals surface area (Å²) in [4.78, 5) is 4.68. The van der Waals surface area contributed by atoms with Crippen LogP contribution in [0, 0.1) is 0 Å². The van der Waals surface area contributed by atoms with Gasteiger partial charge in [0.05, 0.1) is 12.3 Å². The normalized spacial score (nSPS) is 19.0. The van der Waals surface area contributed by atoms with Crippen LogP contribution in [-0.2, 0) is 6.54 Å². The van der Waals surface area contributed by atoms with Gasteiger partial charge in [-0.05, 0) is 12.8 Å². The lowest BCUT2D eigenvalue weighted by Crippen LogP contribution is -2.18. The maximum Gasteiger partial charge on any atom is 0.114 e. The monoisotopic (exact) mass is 228 g/mol. The van der Waals surface area contributed by atoms with E-state index in [9.17, 15) is 5.11 Å². The summed E-state index contributed by atoms with van der Waals surface area (Å²) in [6.07, 6.45) is 4.27. The Balaban J connectivity index is 2.02. The molecule has 0 saturated heterocycles. The smallest absolute Gasteiger partial charge is 0.114 e. The minimum atomic E-state index is 0.200. The molecule has 1 aliphatic heterocycles. The number of hydrogen-bond donors (Lipinski definition) is 1. The van der Waals surface area contributed by atoms with Crippen LogP contribution in [0.15, 0.2) is 36.5 Å². The summed E-state index contributed by atoms with van der Waals surface area (Å²) in [5.41, 5.74) is 2.16. The minimum Gasteiger partial charge on any atom is -0.396 e. The Morgan fingerprint density at radius 1 is 1.29 bits per heavy atom. The summed E-state index contributed by atoms with van der Waals surface area (Å²) in [5.74, 6) is 1.25. The summed E-state index contributed by atoms with van der Waals surface area (Å²) < 4.78 is 2.19. The van der Waals surface area contributed by atoms with E-state index in [2.05, 4.69) is 27.9 Å². The van der Waals surface area contributed by atoms with Crippen molar-refractivity contribution >= 4 is 0 Å². The van der Waals surface area contributed by atoms with Crippen molar-refractivity contribution < 1.29 is 5.11 Å². The van der Waals surface area contributed by atoms with E-state index in [1.165, 1.54) is 0 Å². The molecule has 0 spiro atoms. The van der Waals surface area contributed by atoms with Gasteiger partial charge in [0.1, 0.15) is 5.82 Å². The van der Waals surface area contributed by atoms with E-state index in [1.54, 1.807) is 0 Å². The van der Waals surface area contributed by atoms with Gasteiger partial charge in [-0.3, -0.25) is 0 Å². The van der Waals surface area contributed by atoms with Gasteiger partial charge in [-0.25, -0.2) is 4.98 Å². The highest BCUT2D eigenvalue weighted by Crippen LogP contribution is 2.29. The first kappa shape index (κ1) is 10.5. The highest BCUT2D eigenvalue weighted by Gasteiger charge is 2.22. The van der Waals surface area contributed by atoms with Crippen molar-refractivity contribution in [3.05, 3.63) is 42.4 Å². The molecule has 3 nitrogen and oxygen atoms in total. The van der Waals surface area contributed by atoms with Crippen LogP contribution in [-0.4, -0.2) is 21.3 Å². The fourth-order valence-corrected chi connectivity index (χ4v) is 2.49. The summed E-state index contributed by atoms with van der Waals surface area (Å²) in [5, 5.41) is 9.36. The van der Waals surface area contributed by atoms with Gasteiger partial charge < -0.3 is 9.67 Å². The van der Waals surface area contributed by atoms with Gasteiger partial charge in [-0.15, -0.1) is 0 Å². The van der Waals surface area contributed by atoms with E-state index in [4.69, 9.17) is 0 Å². The van der Waals surface area contributed by atoms with Gasteiger partial charge >= 0.3 is 0 Å². The number of rotatable bonds is 2. The standard InChI is InChI=1S/C14H16N2O/c17-10-12-7-4-8-16-9-13(15-14(12)16)11-5-2-1-3-6-11/h1-3,5-6,9,12,17H,4,7-8,10H2. The molecule has 17 heavy (non-hydrogen) atoms. The molecule has 0 saturated carbocycles. The third-order valence-corrected chi connectivity index (χ3v) is 3.41. The third kappa shape index (κ3) is 1.87. The van der Waals surface area contributed by atoms with Crippen LogP contribution in [0.3, 0.4) is 0 Å². The van der Waals surface area contributed by atoms with E-state index < -0.39 is 0 Å². The van der Waals surface area contributed by atoms with Gasteiger partial charge in [-0.1, -0.05) is 30.3 Å². The van der Waals surface area contributed by atoms with Crippen molar-refractivity contribution in [3.8, 4) is 11.3 Å². The molecule has 0 aliphatic carbocycles. The highest BCUT2D eigenvalue weighted by atomic mass is 16.3. The Labute approximate surface area is 101 Å². The molecule has 2 aromatic rings. The number of aliphatic hydroxyl groups is 1. The van der Waals surface area contributed by atoms with Crippen molar-refractivity contribution in [2.75, 3.05) is 6.61 Å². The number of imidazole rings is 1. The topological polar surface area (TPSA) is 38.0 Å². The van der Waals surface area contributed by atoms with Gasteiger partial charge in [-0.2, -0.15) is 0 Å². The second kappa shape index (κ2) is 4.34. The molecule has 0 fully saturated rings. The van der Waals surface area contributed by atoms with Gasteiger partial charge in [0, 0.05) is 24.2 Å². The molecule has 0 radical (unpaired) electrons. The largest absolute Gasteiger partial charge is 0.396 e. The van der Waals surface area contributed by atoms with Crippen LogP contribution in [0.1, 0.15) is 24.6 Å². The predicted molar refractivity (Wildman–Crippen MR) is 66.7 cm³/mol. The fraction of sp³-hybridized carbons (Fsp3) is 0.357. The maximum absolute atomic E-state index is 9.36. The lowest BCUT2D eigenvalue weighted by molar-refractivity contribution is 0.238. The van der Waals surface area contributed by atoms with Crippen molar-refractivity contribution in [3.63, 3.8) is 0 Å². The number of nitrogens with zero attached hydrogens (tertiary/aromatic N) is 2. The van der Waals surface area contributed by atoms with E-state index in [0.717, 1.165) is 36.5 Å². The van der Waals surface area contributed by atoms with E-state index >= 15 is 0 Å². The Morgan fingerprint density at radius 2 is 2.12 bits per heavy atom. The van der Waals surface area contributed by atoms with Gasteiger partial charge in [0.25, 0.3) is 0 Å². The van der Waals surface area contributed by atoms with Crippen LogP contribution in [0.25, 0.3) is 11.3 Å². The van der Waals surface area contributed by atoms with Crippen molar-refractivity contribution in [1.82, 2.24) is 9.55 Å². The van der Waals surface area contributed by atoms with Crippen molar-refractivity contribution in [2.24, 2.45) is 0 Å². The van der Waals surface area contributed by atoms with E-state index in [1.807, 2.05) is 18.2 Å². The quantitative estimate of drug-likeness (QED) is 0.857. The molecule has 1 aromatic heterocycles. The number of aromatic nitrogens is 2. The molecule has 0 bridgehead atoms. The van der Waals surface area contributed by atoms with Gasteiger partial charge in [0.2, 0.25) is 0 Å². The molecule has 3 heteroatoms. The maximum atomic E-state index is 9.36. The number of aryl methyl sites for hydroxylation is 1. The zero-order chi connectivity index (χ0) is 11.7. The number of hydrogen-bond acceptors (Lipinski definition) is 2. The van der Waals surface area contributed by atoms with Crippen molar-refractivity contribution in [1.29, 1.82) is 0 Å². The molecule has 88 valence electrons. The summed E-state index contributed by atoms with van der Waals surface area (Å²) >= 11 is 0. The Hall–Kier alpha value is -1.61. The molecule has 1 aliphatic rings. The molecule has 3 rings (SSSR count). The molecule has 0 amide bonds. The van der Waals surface area contributed by atoms with Crippen LogP contribution in [0.5, 0.6) is 0 Å². The minimum absolute atomic E-state index is 0.200. The zero-order valence-electron chi connectivity index (χ0n) is 9.71. The summed E-state index contributed by atoms with van der Waals surface area (Å²) in [7, 11) is 0. The van der Waals surface area contributed by atoms with E-state index in [-0.39, 0.29) is 12.5 Å². The van der Waals surface area contributed by atoms with Crippen LogP contribution in [0.2, 0.25) is 0 Å². The average Bonchev–Trinajstić information content (AvgIpc) is 2.83. The zero-order valence-corrected chi connectivity index (χ0v) is 9.71. The lowest BCUT2D eigenvalue weighted by atomic mass is 10.0. The Kier molecular flexibility index (Phi) is 2.69. The first-order chi connectivity index (χ1) is 8.38. The van der Waals surface area contributed by atoms with Crippen LogP contribution < -0.4 is 0 Å². The summed E-state index contributed by atoms with van der Waals surface area (Å²) in [6, 6.07) is 10.2. The molecule has 2 heterocycles. The lowest BCUT2D eigenvalue weighted by Gasteiger charge is -2.21. The van der Waals surface area contributed by atoms with E-state index in [0.29, 0.717) is 0 Å². The van der Waals surface area contributed by atoms with Crippen LogP contribution in [0.4, 0.5) is 0 Å². The SMILES string of the molecule is OCC1CCCn2cc(-c3ccccc3)nc21. The number of aliphatic hydroxyl groups excluding tert-OH is 1. The Morgan fingerprint density at radius 3 is 2.88 bits per heavy atom. The molecule has 1 aromatic carbocycles. The fourth-order valence-electron chi connectivity index (χ4n) is 2.49. The molecule has 1 atom stereocenters. The average molecular weight is 228 g/mol. The summed E-state index contributed by atoms with van der Waals surface area (Å²) in [6.45, 7) is 1.22.